The molecular formula is C25H33N3O7. The Morgan fingerprint density at radius 3 is 2.31 bits per heavy atom. The lowest BCUT2D eigenvalue weighted by Gasteiger charge is -2.31. The quantitative estimate of drug-likeness (QED) is 0.387. The van der Waals surface area contributed by atoms with Crippen molar-refractivity contribution in [1.82, 2.24) is 4.98 Å². The molecule has 2 aromatic rings. The number of anilines is 2. The molecule has 1 aromatic carbocycles. The summed E-state index contributed by atoms with van der Waals surface area (Å²) < 4.78 is 22.3. The highest BCUT2D eigenvalue weighted by molar-refractivity contribution is 6.02. The topological polar surface area (TPSA) is 119 Å². The smallest absolute Gasteiger partial charge is 0.355 e. The first-order chi connectivity index (χ1) is 16.8. The zero-order chi connectivity index (χ0) is 25.5. The average Bonchev–Trinajstić information content (AvgIpc) is 3.13. The van der Waals surface area contributed by atoms with Gasteiger partial charge in [0.05, 0.1) is 37.8 Å². The van der Waals surface area contributed by atoms with E-state index >= 15 is 0 Å². The van der Waals surface area contributed by atoms with Crippen LogP contribution in [-0.2, 0) is 14.3 Å². The summed E-state index contributed by atoms with van der Waals surface area (Å²) in [5, 5.41) is 2.75. The number of hydrogen-bond donors (Lipinski definition) is 2. The van der Waals surface area contributed by atoms with Crippen LogP contribution < -0.4 is 19.7 Å². The van der Waals surface area contributed by atoms with Crippen LogP contribution in [0.3, 0.4) is 0 Å². The van der Waals surface area contributed by atoms with Crippen LogP contribution in [0.25, 0.3) is 0 Å². The SMILES string of the molecule is CCOc1cc(N2CCOCC2)c(OCC)cc1NC(=O)COC(=O)c1[nH]c(C)c(C(C)=O)c1C. The number of H-pyrrole nitrogens is 1. The van der Waals surface area contributed by atoms with E-state index in [-0.39, 0.29) is 11.5 Å². The molecule has 1 saturated heterocycles. The van der Waals surface area contributed by atoms with E-state index in [4.69, 9.17) is 18.9 Å². The number of nitrogens with one attached hydrogen (secondary N) is 2. The summed E-state index contributed by atoms with van der Waals surface area (Å²) in [6.07, 6.45) is 0. The summed E-state index contributed by atoms with van der Waals surface area (Å²) in [5.41, 5.74) is 2.97. The summed E-state index contributed by atoms with van der Waals surface area (Å²) >= 11 is 0. The van der Waals surface area contributed by atoms with Gasteiger partial charge in [-0.2, -0.15) is 0 Å². The van der Waals surface area contributed by atoms with E-state index in [0.29, 0.717) is 60.4 Å². The number of aromatic nitrogens is 1. The second-order valence-corrected chi connectivity index (χ2v) is 8.09. The number of esters is 1. The molecule has 2 N–H and O–H groups in total. The molecule has 1 amide bonds. The Hall–Kier alpha value is -3.53. The lowest BCUT2D eigenvalue weighted by Crippen LogP contribution is -2.36. The van der Waals surface area contributed by atoms with E-state index in [1.165, 1.54) is 6.92 Å². The first-order valence-electron chi connectivity index (χ1n) is 11.7. The Morgan fingerprint density at radius 1 is 1.06 bits per heavy atom. The number of ketones is 1. The molecule has 0 bridgehead atoms. The number of aryl methyl sites for hydroxylation is 1. The van der Waals surface area contributed by atoms with Gasteiger partial charge < -0.3 is 34.1 Å². The van der Waals surface area contributed by atoms with Gasteiger partial charge in [0.2, 0.25) is 0 Å². The molecule has 1 fully saturated rings. The van der Waals surface area contributed by atoms with Gasteiger partial charge >= 0.3 is 5.97 Å². The molecule has 1 aliphatic heterocycles. The van der Waals surface area contributed by atoms with Crippen molar-refractivity contribution in [3.63, 3.8) is 0 Å². The van der Waals surface area contributed by atoms with E-state index in [1.54, 1.807) is 19.9 Å². The summed E-state index contributed by atoms with van der Waals surface area (Å²) in [6, 6.07) is 3.56. The van der Waals surface area contributed by atoms with Crippen molar-refractivity contribution >= 4 is 29.0 Å². The van der Waals surface area contributed by atoms with Crippen LogP contribution in [0.1, 0.15) is 52.9 Å². The monoisotopic (exact) mass is 487 g/mol. The maximum atomic E-state index is 12.6. The molecule has 0 atom stereocenters. The van der Waals surface area contributed by atoms with Crippen molar-refractivity contribution in [1.29, 1.82) is 0 Å². The molecule has 2 heterocycles. The molecule has 0 spiro atoms. The number of amides is 1. The van der Waals surface area contributed by atoms with Crippen molar-refractivity contribution in [2.45, 2.75) is 34.6 Å². The minimum atomic E-state index is -0.712. The highest BCUT2D eigenvalue weighted by Crippen LogP contribution is 2.39. The van der Waals surface area contributed by atoms with Gasteiger partial charge in [-0.15, -0.1) is 0 Å². The van der Waals surface area contributed by atoms with Crippen molar-refractivity contribution in [2.24, 2.45) is 0 Å². The minimum Gasteiger partial charge on any atom is -0.492 e. The van der Waals surface area contributed by atoms with Gasteiger partial charge in [0.15, 0.2) is 12.4 Å². The molecule has 1 aromatic heterocycles. The Bertz CT molecular complexity index is 1090. The average molecular weight is 488 g/mol. The maximum absolute atomic E-state index is 12.6. The largest absolute Gasteiger partial charge is 0.492 e. The minimum absolute atomic E-state index is 0.151. The molecule has 10 nitrogen and oxygen atoms in total. The Morgan fingerprint density at radius 2 is 1.71 bits per heavy atom. The lowest BCUT2D eigenvalue weighted by atomic mass is 10.1. The number of aromatic amines is 1. The summed E-state index contributed by atoms with van der Waals surface area (Å²) in [7, 11) is 0. The van der Waals surface area contributed by atoms with Crippen LogP contribution in [0.15, 0.2) is 12.1 Å². The number of morpholine rings is 1. The molecular weight excluding hydrogens is 454 g/mol. The van der Waals surface area contributed by atoms with E-state index in [0.717, 1.165) is 18.8 Å². The first-order valence-corrected chi connectivity index (χ1v) is 11.7. The fourth-order valence-electron chi connectivity index (χ4n) is 4.12. The number of hydrogen-bond acceptors (Lipinski definition) is 8. The number of carbonyl (C=O) groups is 3. The molecule has 0 radical (unpaired) electrons. The Kier molecular flexibility index (Phi) is 8.75. The summed E-state index contributed by atoms with van der Waals surface area (Å²) in [6.45, 7) is 11.6. The number of benzene rings is 1. The third-order valence-electron chi connectivity index (χ3n) is 5.61. The van der Waals surface area contributed by atoms with E-state index < -0.39 is 18.5 Å². The van der Waals surface area contributed by atoms with Crippen LogP contribution >= 0.6 is 0 Å². The van der Waals surface area contributed by atoms with Gasteiger partial charge in [0, 0.05) is 36.5 Å². The van der Waals surface area contributed by atoms with E-state index in [1.807, 2.05) is 19.9 Å². The number of nitrogens with zero attached hydrogens (tertiary/aromatic N) is 1. The molecule has 35 heavy (non-hydrogen) atoms. The maximum Gasteiger partial charge on any atom is 0.355 e. The molecule has 0 saturated carbocycles. The fourth-order valence-corrected chi connectivity index (χ4v) is 4.12. The van der Waals surface area contributed by atoms with Gasteiger partial charge in [-0.3, -0.25) is 9.59 Å². The molecule has 0 unspecified atom stereocenters. The third-order valence-corrected chi connectivity index (χ3v) is 5.61. The second kappa shape index (κ2) is 11.7. The van der Waals surface area contributed by atoms with Crippen LogP contribution in [0, 0.1) is 13.8 Å². The van der Waals surface area contributed by atoms with E-state index in [2.05, 4.69) is 15.2 Å². The van der Waals surface area contributed by atoms with Gasteiger partial charge in [0.25, 0.3) is 5.91 Å². The fraction of sp³-hybridized carbons (Fsp3) is 0.480. The molecule has 10 heteroatoms. The van der Waals surface area contributed by atoms with Crippen LogP contribution in [0.5, 0.6) is 11.5 Å². The Labute approximate surface area is 204 Å². The van der Waals surface area contributed by atoms with Crippen LogP contribution in [0.2, 0.25) is 0 Å². The number of ether oxygens (including phenoxy) is 4. The molecule has 3 rings (SSSR count). The normalized spacial score (nSPS) is 13.3. The third kappa shape index (κ3) is 6.13. The molecule has 0 aliphatic carbocycles. The predicted molar refractivity (Wildman–Crippen MR) is 131 cm³/mol. The van der Waals surface area contributed by atoms with Gasteiger partial charge in [-0.1, -0.05) is 0 Å². The predicted octanol–water partition coefficient (Wildman–Crippen LogP) is 3.26. The second-order valence-electron chi connectivity index (χ2n) is 8.09. The zero-order valence-corrected chi connectivity index (χ0v) is 20.9. The standard InChI is InChI=1S/C25H33N3O7/c1-6-33-20-13-19(28-8-10-32-11-9-28)21(34-7-2)12-18(20)27-22(30)14-35-25(31)24-15(3)23(17(5)29)16(4)26-24/h12-13,26H,6-11,14H2,1-5H3,(H,27,30). The van der Waals surface area contributed by atoms with Gasteiger partial charge in [-0.25, -0.2) is 4.79 Å². The van der Waals surface area contributed by atoms with Crippen molar-refractivity contribution < 1.29 is 33.3 Å². The van der Waals surface area contributed by atoms with Gasteiger partial charge in [-0.05, 0) is 40.2 Å². The van der Waals surface area contributed by atoms with Gasteiger partial charge in [0.1, 0.15) is 17.2 Å². The highest BCUT2D eigenvalue weighted by atomic mass is 16.5. The summed E-state index contributed by atoms with van der Waals surface area (Å²) in [5.74, 6) is -0.301. The number of Topliss-reactive ketones (excluding diaryl/α,β-unsaturated/α-hetero) is 1. The van der Waals surface area contributed by atoms with Crippen LogP contribution in [-0.4, -0.2) is 68.8 Å². The van der Waals surface area contributed by atoms with Crippen LogP contribution in [0.4, 0.5) is 11.4 Å². The number of carbonyl (C=O) groups excluding carboxylic acids is 3. The zero-order valence-electron chi connectivity index (χ0n) is 20.9. The van der Waals surface area contributed by atoms with Crippen molar-refractivity contribution in [3.8, 4) is 11.5 Å². The van der Waals surface area contributed by atoms with Crippen molar-refractivity contribution in [3.05, 3.63) is 34.6 Å². The van der Waals surface area contributed by atoms with Crippen molar-refractivity contribution in [2.75, 3.05) is 56.3 Å². The van der Waals surface area contributed by atoms with E-state index in [9.17, 15) is 14.4 Å². The molecule has 1 aliphatic rings. The first kappa shape index (κ1) is 26.1. The molecule has 190 valence electrons. The highest BCUT2D eigenvalue weighted by Gasteiger charge is 2.23. The summed E-state index contributed by atoms with van der Waals surface area (Å²) in [4.78, 5) is 42.0. The lowest BCUT2D eigenvalue weighted by molar-refractivity contribution is -0.119. The Balaban J connectivity index is 1.75. The number of rotatable bonds is 10.